The van der Waals surface area contributed by atoms with Gasteiger partial charge in [-0.1, -0.05) is 0 Å². The SMILES string of the molecule is COC(=O)[C@H]1[C@H](NC(C)(C)C)CCN1C(C)=O. The van der Waals surface area contributed by atoms with Crippen LogP contribution in [0.3, 0.4) is 0 Å². The first-order chi connectivity index (χ1) is 7.76. The van der Waals surface area contributed by atoms with Crippen LogP contribution in [0.2, 0.25) is 0 Å². The number of esters is 1. The highest BCUT2D eigenvalue weighted by atomic mass is 16.5. The average Bonchev–Trinajstić information content (AvgIpc) is 2.57. The van der Waals surface area contributed by atoms with Gasteiger partial charge in [-0.25, -0.2) is 4.79 Å². The fourth-order valence-corrected chi connectivity index (χ4v) is 2.27. The van der Waals surface area contributed by atoms with E-state index in [4.69, 9.17) is 4.74 Å². The molecule has 1 N–H and O–H groups in total. The number of nitrogens with one attached hydrogen (secondary N) is 1. The van der Waals surface area contributed by atoms with Crippen molar-refractivity contribution in [3.05, 3.63) is 0 Å². The summed E-state index contributed by atoms with van der Waals surface area (Å²) in [5, 5.41) is 3.37. The Kier molecular flexibility index (Phi) is 4.14. The number of rotatable bonds is 2. The van der Waals surface area contributed by atoms with E-state index in [1.807, 2.05) is 20.8 Å². The molecule has 1 aliphatic heterocycles. The molecule has 0 saturated carbocycles. The van der Waals surface area contributed by atoms with Crippen molar-refractivity contribution in [2.75, 3.05) is 13.7 Å². The molecular weight excluding hydrogens is 220 g/mol. The number of hydrogen-bond acceptors (Lipinski definition) is 4. The van der Waals surface area contributed by atoms with E-state index in [9.17, 15) is 9.59 Å². The summed E-state index contributed by atoms with van der Waals surface area (Å²) in [6, 6.07) is -0.539. The van der Waals surface area contributed by atoms with Crippen LogP contribution in [0.5, 0.6) is 0 Å². The van der Waals surface area contributed by atoms with Crippen molar-refractivity contribution in [2.24, 2.45) is 0 Å². The van der Waals surface area contributed by atoms with Crippen LogP contribution in [0.15, 0.2) is 0 Å². The summed E-state index contributed by atoms with van der Waals surface area (Å²) in [6.45, 7) is 8.20. The molecule has 0 radical (unpaired) electrons. The van der Waals surface area contributed by atoms with Crippen molar-refractivity contribution in [2.45, 2.75) is 51.7 Å². The van der Waals surface area contributed by atoms with Gasteiger partial charge in [0.25, 0.3) is 0 Å². The van der Waals surface area contributed by atoms with Crippen molar-refractivity contribution < 1.29 is 14.3 Å². The number of carbonyl (C=O) groups is 2. The monoisotopic (exact) mass is 242 g/mol. The van der Waals surface area contributed by atoms with E-state index in [0.717, 1.165) is 6.42 Å². The first-order valence-electron chi connectivity index (χ1n) is 5.89. The normalized spacial score (nSPS) is 24.9. The molecule has 2 atom stereocenters. The van der Waals surface area contributed by atoms with Gasteiger partial charge in [0.05, 0.1) is 7.11 Å². The fourth-order valence-electron chi connectivity index (χ4n) is 2.27. The quantitative estimate of drug-likeness (QED) is 0.718. The Morgan fingerprint density at radius 3 is 2.35 bits per heavy atom. The Morgan fingerprint density at radius 1 is 1.35 bits per heavy atom. The molecule has 1 heterocycles. The number of amides is 1. The molecule has 5 nitrogen and oxygen atoms in total. The Morgan fingerprint density at radius 2 is 1.94 bits per heavy atom. The lowest BCUT2D eigenvalue weighted by atomic mass is 10.0. The first kappa shape index (κ1) is 14.0. The lowest BCUT2D eigenvalue weighted by Crippen LogP contribution is -2.54. The zero-order valence-electron chi connectivity index (χ0n) is 11.2. The number of ether oxygens (including phenoxy) is 1. The minimum Gasteiger partial charge on any atom is -0.467 e. The predicted octanol–water partition coefficient (Wildman–Crippen LogP) is 0.537. The highest BCUT2D eigenvalue weighted by Gasteiger charge is 2.42. The van der Waals surface area contributed by atoms with Crippen molar-refractivity contribution in [3.8, 4) is 0 Å². The topological polar surface area (TPSA) is 58.6 Å². The van der Waals surface area contributed by atoms with E-state index in [2.05, 4.69) is 5.32 Å². The van der Waals surface area contributed by atoms with Gasteiger partial charge in [0, 0.05) is 25.0 Å². The van der Waals surface area contributed by atoms with Gasteiger partial charge in [0.1, 0.15) is 6.04 Å². The summed E-state index contributed by atoms with van der Waals surface area (Å²) in [4.78, 5) is 24.8. The minimum absolute atomic E-state index is 0.0358. The van der Waals surface area contributed by atoms with E-state index in [1.54, 1.807) is 4.90 Å². The highest BCUT2D eigenvalue weighted by molar-refractivity contribution is 5.84. The smallest absolute Gasteiger partial charge is 0.330 e. The number of methoxy groups -OCH3 is 1. The molecule has 0 aromatic heterocycles. The van der Waals surface area contributed by atoms with Crippen LogP contribution >= 0.6 is 0 Å². The van der Waals surface area contributed by atoms with Gasteiger partial charge in [-0.05, 0) is 27.2 Å². The van der Waals surface area contributed by atoms with Crippen LogP contribution in [0.4, 0.5) is 0 Å². The van der Waals surface area contributed by atoms with Gasteiger partial charge in [-0.15, -0.1) is 0 Å². The predicted molar refractivity (Wildman–Crippen MR) is 64.5 cm³/mol. The van der Waals surface area contributed by atoms with Gasteiger partial charge >= 0.3 is 5.97 Å². The van der Waals surface area contributed by atoms with Gasteiger partial charge < -0.3 is 15.0 Å². The number of carbonyl (C=O) groups excluding carboxylic acids is 2. The Hall–Kier alpha value is -1.10. The number of hydrogen-bond donors (Lipinski definition) is 1. The summed E-state index contributed by atoms with van der Waals surface area (Å²) in [7, 11) is 1.35. The second-order valence-corrected chi connectivity index (χ2v) is 5.47. The summed E-state index contributed by atoms with van der Waals surface area (Å²) in [5.74, 6) is -0.432. The highest BCUT2D eigenvalue weighted by Crippen LogP contribution is 2.21. The molecule has 1 saturated heterocycles. The van der Waals surface area contributed by atoms with Crippen molar-refractivity contribution in [3.63, 3.8) is 0 Å². The van der Waals surface area contributed by atoms with Crippen LogP contribution < -0.4 is 5.32 Å². The molecule has 0 spiro atoms. The third-order valence-electron chi connectivity index (χ3n) is 2.86. The van der Waals surface area contributed by atoms with Gasteiger partial charge in [-0.3, -0.25) is 4.79 Å². The molecule has 0 unspecified atom stereocenters. The molecule has 5 heteroatoms. The Balaban J connectivity index is 2.84. The van der Waals surface area contributed by atoms with Crippen LogP contribution in [0.25, 0.3) is 0 Å². The molecule has 1 aliphatic rings. The molecule has 0 bridgehead atoms. The molecule has 0 aromatic carbocycles. The van der Waals surface area contributed by atoms with E-state index >= 15 is 0 Å². The molecule has 1 rings (SSSR count). The van der Waals surface area contributed by atoms with Crippen LogP contribution in [-0.4, -0.2) is 48.1 Å². The maximum absolute atomic E-state index is 11.8. The van der Waals surface area contributed by atoms with E-state index < -0.39 is 6.04 Å². The molecule has 98 valence electrons. The van der Waals surface area contributed by atoms with E-state index in [1.165, 1.54) is 14.0 Å². The zero-order valence-corrected chi connectivity index (χ0v) is 11.2. The largest absolute Gasteiger partial charge is 0.467 e. The van der Waals surface area contributed by atoms with Gasteiger partial charge in [0.2, 0.25) is 5.91 Å². The van der Waals surface area contributed by atoms with Crippen LogP contribution in [0.1, 0.15) is 34.1 Å². The number of likely N-dealkylation sites (tertiary alicyclic amines) is 1. The molecule has 0 aliphatic carbocycles. The minimum atomic E-state index is -0.503. The van der Waals surface area contributed by atoms with E-state index in [0.29, 0.717) is 6.54 Å². The van der Waals surface area contributed by atoms with Gasteiger partial charge in [-0.2, -0.15) is 0 Å². The van der Waals surface area contributed by atoms with Crippen molar-refractivity contribution in [1.29, 1.82) is 0 Å². The lowest BCUT2D eigenvalue weighted by Gasteiger charge is -2.30. The van der Waals surface area contributed by atoms with Crippen molar-refractivity contribution >= 4 is 11.9 Å². The second kappa shape index (κ2) is 5.04. The Labute approximate surface area is 102 Å². The summed E-state index contributed by atoms with van der Waals surface area (Å²) < 4.78 is 4.79. The first-order valence-corrected chi connectivity index (χ1v) is 5.89. The number of nitrogens with zero attached hydrogens (tertiary/aromatic N) is 1. The standard InChI is InChI=1S/C12H22N2O3/c1-8(15)14-7-6-9(13-12(2,3)4)10(14)11(16)17-5/h9-10,13H,6-7H2,1-5H3/t9-,10-/m1/s1. The van der Waals surface area contributed by atoms with Crippen LogP contribution in [-0.2, 0) is 14.3 Å². The fraction of sp³-hybridized carbons (Fsp3) is 0.833. The summed E-state index contributed by atoms with van der Waals surface area (Å²) in [5.41, 5.74) is -0.0935. The van der Waals surface area contributed by atoms with Gasteiger partial charge in [0.15, 0.2) is 0 Å². The summed E-state index contributed by atoms with van der Waals surface area (Å²) >= 11 is 0. The maximum atomic E-state index is 11.8. The van der Waals surface area contributed by atoms with Crippen molar-refractivity contribution in [1.82, 2.24) is 10.2 Å². The summed E-state index contributed by atoms with van der Waals surface area (Å²) in [6.07, 6.45) is 0.774. The zero-order chi connectivity index (χ0) is 13.2. The molecular formula is C12H22N2O3. The molecule has 1 fully saturated rings. The Bertz CT molecular complexity index is 309. The average molecular weight is 242 g/mol. The lowest BCUT2D eigenvalue weighted by molar-refractivity contribution is -0.151. The molecule has 1 amide bonds. The molecule has 0 aromatic rings. The second-order valence-electron chi connectivity index (χ2n) is 5.47. The maximum Gasteiger partial charge on any atom is 0.330 e. The third kappa shape index (κ3) is 3.43. The van der Waals surface area contributed by atoms with E-state index in [-0.39, 0.29) is 23.5 Å². The van der Waals surface area contributed by atoms with Crippen LogP contribution in [0, 0.1) is 0 Å². The molecule has 17 heavy (non-hydrogen) atoms. The third-order valence-corrected chi connectivity index (χ3v) is 2.86.